The van der Waals surface area contributed by atoms with E-state index < -0.39 is 18.2 Å². The van der Waals surface area contributed by atoms with Crippen LogP contribution in [0.2, 0.25) is 0 Å². The van der Waals surface area contributed by atoms with Crippen molar-refractivity contribution in [2.24, 2.45) is 0 Å². The number of aliphatic hydroxyl groups is 2. The lowest BCUT2D eigenvalue weighted by molar-refractivity contribution is -0.151. The second kappa shape index (κ2) is 51.0. The van der Waals surface area contributed by atoms with Crippen LogP contribution in [0.4, 0.5) is 0 Å². The highest BCUT2D eigenvalue weighted by atomic mass is 16.5. The summed E-state index contributed by atoms with van der Waals surface area (Å²) in [5, 5.41) is 23.8. The van der Waals surface area contributed by atoms with Gasteiger partial charge in [0.2, 0.25) is 5.91 Å². The molecule has 368 valence electrons. The molecular weight excluding hydrogens is 791 g/mol. The summed E-state index contributed by atoms with van der Waals surface area (Å²) in [6.45, 7) is 6.31. The zero-order chi connectivity index (χ0) is 46.7. The van der Waals surface area contributed by atoms with Gasteiger partial charge in [0, 0.05) is 6.42 Å². The van der Waals surface area contributed by atoms with Gasteiger partial charge in [-0.1, -0.05) is 228 Å². The molecule has 0 aliphatic carbocycles. The Balaban J connectivity index is 4.59. The lowest BCUT2D eigenvalue weighted by Gasteiger charge is -2.24. The molecule has 0 radical (unpaired) electrons. The molecule has 3 N–H and O–H groups in total. The van der Waals surface area contributed by atoms with Crippen LogP contribution in [0.25, 0.3) is 0 Å². The van der Waals surface area contributed by atoms with Crippen LogP contribution in [0, 0.1) is 0 Å². The molecule has 1 amide bonds. The number of carbonyl (C=O) groups is 2. The van der Waals surface area contributed by atoms with Crippen molar-refractivity contribution < 1.29 is 24.5 Å². The number of nitrogens with one attached hydrogen (secondary N) is 1. The van der Waals surface area contributed by atoms with Crippen LogP contribution in [0.1, 0.15) is 245 Å². The number of carbonyl (C=O) groups excluding carboxylic acids is 2. The summed E-state index contributed by atoms with van der Waals surface area (Å²) in [7, 11) is 0. The first-order valence-electron chi connectivity index (χ1n) is 26.8. The molecule has 6 nitrogen and oxygen atoms in total. The van der Waals surface area contributed by atoms with Gasteiger partial charge in [0.05, 0.1) is 25.2 Å². The van der Waals surface area contributed by atoms with Gasteiger partial charge in [0.15, 0.2) is 0 Å². The third-order valence-corrected chi connectivity index (χ3v) is 11.8. The van der Waals surface area contributed by atoms with Crippen LogP contribution in [0.5, 0.6) is 0 Å². The van der Waals surface area contributed by atoms with Crippen molar-refractivity contribution >= 4 is 11.9 Å². The van der Waals surface area contributed by atoms with Gasteiger partial charge in [-0.15, -0.1) is 0 Å². The third-order valence-electron chi connectivity index (χ3n) is 11.8. The van der Waals surface area contributed by atoms with Crippen molar-refractivity contribution in [2.45, 2.75) is 264 Å². The summed E-state index contributed by atoms with van der Waals surface area (Å²) in [6.07, 6.45) is 66.5. The maximum Gasteiger partial charge on any atom is 0.306 e. The van der Waals surface area contributed by atoms with E-state index in [9.17, 15) is 19.8 Å². The molecule has 0 bridgehead atoms. The zero-order valence-corrected chi connectivity index (χ0v) is 41.9. The Kier molecular flexibility index (Phi) is 48.7. The average Bonchev–Trinajstić information content (AvgIpc) is 3.29. The predicted octanol–water partition coefficient (Wildman–Crippen LogP) is 16.3. The normalized spacial score (nSPS) is 13.9. The fourth-order valence-corrected chi connectivity index (χ4v) is 7.71. The molecule has 3 unspecified atom stereocenters. The van der Waals surface area contributed by atoms with Crippen LogP contribution in [0.3, 0.4) is 0 Å². The van der Waals surface area contributed by atoms with E-state index in [4.69, 9.17) is 4.74 Å². The molecule has 0 saturated heterocycles. The molecule has 0 heterocycles. The van der Waals surface area contributed by atoms with Crippen LogP contribution in [0.15, 0.2) is 85.1 Å². The van der Waals surface area contributed by atoms with Gasteiger partial charge in [-0.05, 0) is 89.9 Å². The number of hydrogen-bond donors (Lipinski definition) is 3. The Labute approximate surface area is 395 Å². The van der Waals surface area contributed by atoms with Crippen LogP contribution < -0.4 is 5.32 Å². The number of hydrogen-bond acceptors (Lipinski definition) is 5. The molecule has 0 aromatic rings. The number of amides is 1. The first kappa shape index (κ1) is 61.0. The van der Waals surface area contributed by atoms with Gasteiger partial charge < -0.3 is 20.3 Å². The van der Waals surface area contributed by atoms with Gasteiger partial charge in [-0.2, -0.15) is 0 Å². The summed E-state index contributed by atoms with van der Waals surface area (Å²) in [6, 6.07) is -0.724. The van der Waals surface area contributed by atoms with E-state index in [0.717, 1.165) is 96.3 Å². The molecule has 64 heavy (non-hydrogen) atoms. The molecule has 0 aliphatic rings. The lowest BCUT2D eigenvalue weighted by Crippen LogP contribution is -2.46. The maximum atomic E-state index is 13.2. The minimum atomic E-state index is -0.807. The first-order valence-corrected chi connectivity index (χ1v) is 26.8. The zero-order valence-electron chi connectivity index (χ0n) is 41.9. The Hall–Kier alpha value is -2.96. The second-order valence-electron chi connectivity index (χ2n) is 18.0. The molecule has 0 saturated carbocycles. The van der Waals surface area contributed by atoms with E-state index in [1.165, 1.54) is 103 Å². The highest BCUT2D eigenvalue weighted by Gasteiger charge is 2.24. The SMILES string of the molecule is CC/C=C/C=C/C=C\CCCCCC(CC(=O)NC(CO)C(O)CCCCCCCCCCCCCCCCC)OC(=O)CCCCC/C=C\C/C=C\C/C=C\C/C=C\CCCCC. The van der Waals surface area contributed by atoms with E-state index >= 15 is 0 Å². The van der Waals surface area contributed by atoms with Gasteiger partial charge in [-0.25, -0.2) is 0 Å². The molecular formula is C58H101NO5. The largest absolute Gasteiger partial charge is 0.462 e. The van der Waals surface area contributed by atoms with Crippen molar-refractivity contribution in [2.75, 3.05) is 6.61 Å². The number of aliphatic hydroxyl groups excluding tert-OH is 2. The number of esters is 1. The number of ether oxygens (including phenoxy) is 1. The van der Waals surface area contributed by atoms with Crippen molar-refractivity contribution in [1.29, 1.82) is 0 Å². The van der Waals surface area contributed by atoms with E-state index in [1.807, 2.05) is 12.2 Å². The Bertz CT molecular complexity index is 1230. The van der Waals surface area contributed by atoms with Gasteiger partial charge in [0.25, 0.3) is 0 Å². The molecule has 0 rings (SSSR count). The fourth-order valence-electron chi connectivity index (χ4n) is 7.71. The number of allylic oxidation sites excluding steroid dienone is 14. The topological polar surface area (TPSA) is 95.9 Å². The average molecular weight is 892 g/mol. The van der Waals surface area contributed by atoms with Gasteiger partial charge in [0.1, 0.15) is 6.10 Å². The van der Waals surface area contributed by atoms with Crippen molar-refractivity contribution in [1.82, 2.24) is 5.32 Å². The van der Waals surface area contributed by atoms with E-state index in [-0.39, 0.29) is 24.9 Å². The molecule has 0 aromatic carbocycles. The smallest absolute Gasteiger partial charge is 0.306 e. The minimum absolute atomic E-state index is 0.0377. The first-order chi connectivity index (χ1) is 31.5. The van der Waals surface area contributed by atoms with Crippen molar-refractivity contribution in [3.05, 3.63) is 85.1 Å². The summed E-state index contributed by atoms with van der Waals surface area (Å²) >= 11 is 0. The molecule has 0 aromatic heterocycles. The second-order valence-corrected chi connectivity index (χ2v) is 18.0. The highest BCUT2D eigenvalue weighted by Crippen LogP contribution is 2.17. The quantitative estimate of drug-likeness (QED) is 0.0245. The predicted molar refractivity (Wildman–Crippen MR) is 278 cm³/mol. The molecule has 0 fully saturated rings. The minimum Gasteiger partial charge on any atom is -0.462 e. The molecule has 6 heteroatoms. The van der Waals surface area contributed by atoms with Gasteiger partial charge >= 0.3 is 5.97 Å². The van der Waals surface area contributed by atoms with Crippen molar-refractivity contribution in [3.8, 4) is 0 Å². The fraction of sp³-hybridized carbons (Fsp3) is 0.724. The van der Waals surface area contributed by atoms with Crippen molar-refractivity contribution in [3.63, 3.8) is 0 Å². The van der Waals surface area contributed by atoms with E-state index in [1.54, 1.807) is 0 Å². The van der Waals surface area contributed by atoms with Gasteiger partial charge in [-0.3, -0.25) is 9.59 Å². The highest BCUT2D eigenvalue weighted by molar-refractivity contribution is 5.77. The van der Waals surface area contributed by atoms with Crippen LogP contribution in [-0.2, 0) is 14.3 Å². The molecule has 3 atom stereocenters. The number of unbranched alkanes of at least 4 members (excludes halogenated alkanes) is 23. The third kappa shape index (κ3) is 45.6. The molecule has 0 spiro atoms. The summed E-state index contributed by atoms with van der Waals surface area (Å²) in [5.74, 6) is -0.549. The summed E-state index contributed by atoms with van der Waals surface area (Å²) in [5.41, 5.74) is 0. The lowest BCUT2D eigenvalue weighted by atomic mass is 10.0. The maximum absolute atomic E-state index is 13.2. The number of rotatable bonds is 47. The summed E-state index contributed by atoms with van der Waals surface area (Å²) < 4.78 is 5.90. The Morgan fingerprint density at radius 3 is 1.44 bits per heavy atom. The van der Waals surface area contributed by atoms with E-state index in [2.05, 4.69) is 99.0 Å². The van der Waals surface area contributed by atoms with Crippen LogP contribution >= 0.6 is 0 Å². The molecule has 0 aliphatic heterocycles. The monoisotopic (exact) mass is 892 g/mol. The Morgan fingerprint density at radius 1 is 0.484 bits per heavy atom. The summed E-state index contributed by atoms with van der Waals surface area (Å²) in [4.78, 5) is 26.1. The van der Waals surface area contributed by atoms with E-state index in [0.29, 0.717) is 19.3 Å². The standard InChI is InChI=1S/C58H101NO5/c1-4-7-10-13-16-19-22-24-26-27-28-29-31-33-36-39-42-45-48-51-58(63)64-54(49-46-43-40-37-34-21-18-15-12-9-6-3)52-57(62)59-55(53-60)56(61)50-47-44-41-38-35-32-30-25-23-20-17-14-11-8-5-2/h9,12,15-16,18-19,21,24,26,28-29,33-34,36,54-56,60-61H,4-8,10-11,13-14,17,20,22-23,25,27,30-32,35,37-53H2,1-3H3,(H,59,62)/b12-9+,18-15+,19-16-,26-24-,29-28-,34-21-,36-33-. The van der Waals surface area contributed by atoms with Crippen LogP contribution in [-0.4, -0.2) is 46.9 Å². The Morgan fingerprint density at radius 2 is 0.906 bits per heavy atom.